The average molecular weight is 262 g/mol. The van der Waals surface area contributed by atoms with Crippen molar-refractivity contribution in [2.75, 3.05) is 11.1 Å². The van der Waals surface area contributed by atoms with E-state index in [4.69, 9.17) is 5.73 Å². The summed E-state index contributed by atoms with van der Waals surface area (Å²) in [5, 5.41) is 25.6. The molecular formula is C12H14N4O3. The maximum atomic E-state index is 12.0. The number of nitrogens with one attached hydrogen (secondary N) is 1. The van der Waals surface area contributed by atoms with Crippen LogP contribution >= 0.6 is 0 Å². The molecule has 0 aliphatic carbocycles. The molecule has 5 N–H and O–H groups in total. The minimum atomic E-state index is -0.580. The lowest BCUT2D eigenvalue weighted by Crippen LogP contribution is -2.15. The van der Waals surface area contributed by atoms with Crippen LogP contribution in [0, 0.1) is 6.92 Å². The van der Waals surface area contributed by atoms with Crippen molar-refractivity contribution in [1.82, 2.24) is 9.78 Å². The van der Waals surface area contributed by atoms with Gasteiger partial charge in [-0.15, -0.1) is 0 Å². The summed E-state index contributed by atoms with van der Waals surface area (Å²) < 4.78 is 1.43. The number of benzene rings is 1. The number of para-hydroxylation sites is 1. The van der Waals surface area contributed by atoms with Gasteiger partial charge in [0.05, 0.1) is 16.9 Å². The van der Waals surface area contributed by atoms with Crippen LogP contribution in [0.5, 0.6) is 11.5 Å². The van der Waals surface area contributed by atoms with Crippen LogP contribution in [0.15, 0.2) is 18.2 Å². The smallest absolute Gasteiger partial charge is 0.260 e. The molecule has 0 saturated carbocycles. The van der Waals surface area contributed by atoms with Gasteiger partial charge in [0, 0.05) is 7.05 Å². The molecule has 1 aromatic carbocycles. The molecule has 0 aliphatic heterocycles. The van der Waals surface area contributed by atoms with E-state index in [2.05, 4.69) is 10.4 Å². The number of aromatic hydroxyl groups is 2. The van der Waals surface area contributed by atoms with Gasteiger partial charge >= 0.3 is 0 Å². The number of nitrogens with two attached hydrogens (primary N) is 1. The molecule has 0 spiro atoms. The van der Waals surface area contributed by atoms with Crippen LogP contribution in [0.2, 0.25) is 0 Å². The topological polar surface area (TPSA) is 113 Å². The minimum absolute atomic E-state index is 0.0433. The predicted octanol–water partition coefficient (Wildman–Crippen LogP) is 0.974. The van der Waals surface area contributed by atoms with Crippen LogP contribution in [-0.2, 0) is 7.05 Å². The van der Waals surface area contributed by atoms with Gasteiger partial charge in [0.1, 0.15) is 0 Å². The van der Waals surface area contributed by atoms with E-state index in [0.717, 1.165) is 0 Å². The zero-order valence-electron chi connectivity index (χ0n) is 10.5. The van der Waals surface area contributed by atoms with Crippen LogP contribution in [-0.4, -0.2) is 25.9 Å². The first kappa shape index (κ1) is 12.7. The Balaban J connectivity index is 2.34. The van der Waals surface area contributed by atoms with E-state index in [1.54, 1.807) is 14.0 Å². The van der Waals surface area contributed by atoms with E-state index in [0.29, 0.717) is 17.2 Å². The minimum Gasteiger partial charge on any atom is -0.504 e. The number of nitrogen functional groups attached to an aromatic ring is 1. The van der Waals surface area contributed by atoms with E-state index in [-0.39, 0.29) is 11.3 Å². The highest BCUT2D eigenvalue weighted by molar-refractivity contribution is 6.07. The van der Waals surface area contributed by atoms with Gasteiger partial charge in [0.2, 0.25) is 0 Å². The number of phenolic OH excluding ortho intramolecular Hbond substituents is 2. The molecule has 19 heavy (non-hydrogen) atoms. The number of anilines is 2. The number of nitrogens with zero attached hydrogens (tertiary/aromatic N) is 2. The summed E-state index contributed by atoms with van der Waals surface area (Å²) in [5.41, 5.74) is 6.70. The van der Waals surface area contributed by atoms with Crippen LogP contribution in [0.4, 0.5) is 11.5 Å². The Morgan fingerprint density at radius 1 is 1.42 bits per heavy atom. The number of hydrogen-bond acceptors (Lipinski definition) is 5. The zero-order chi connectivity index (χ0) is 14.2. The number of hydrogen-bond donors (Lipinski definition) is 4. The molecule has 7 nitrogen and oxygen atoms in total. The lowest BCUT2D eigenvalue weighted by molar-refractivity contribution is 0.102. The van der Waals surface area contributed by atoms with Gasteiger partial charge in [-0.1, -0.05) is 6.07 Å². The standard InChI is InChI=1S/C12H14N4O3/c1-6-9(13)11(16(2)15-6)14-12(19)7-4-3-5-8(17)10(7)18/h3-5,17-18H,13H2,1-2H3,(H,14,19). The summed E-state index contributed by atoms with van der Waals surface area (Å²) in [6.45, 7) is 1.72. The Hall–Kier alpha value is -2.70. The van der Waals surface area contributed by atoms with E-state index in [1.165, 1.54) is 22.9 Å². The number of amides is 1. The number of carbonyl (C=O) groups excluding carboxylic acids is 1. The van der Waals surface area contributed by atoms with Gasteiger partial charge < -0.3 is 21.3 Å². The highest BCUT2D eigenvalue weighted by Gasteiger charge is 2.18. The average Bonchev–Trinajstić information content (AvgIpc) is 2.59. The molecule has 2 aromatic rings. The highest BCUT2D eigenvalue weighted by Crippen LogP contribution is 2.29. The summed E-state index contributed by atoms with van der Waals surface area (Å²) in [4.78, 5) is 12.0. The van der Waals surface area contributed by atoms with Crippen LogP contribution < -0.4 is 11.1 Å². The van der Waals surface area contributed by atoms with Crippen molar-refractivity contribution in [3.05, 3.63) is 29.5 Å². The molecule has 1 heterocycles. The van der Waals surface area contributed by atoms with Crippen molar-refractivity contribution < 1.29 is 15.0 Å². The Morgan fingerprint density at radius 3 is 2.68 bits per heavy atom. The largest absolute Gasteiger partial charge is 0.504 e. The van der Waals surface area contributed by atoms with E-state index >= 15 is 0 Å². The molecule has 0 fully saturated rings. The molecule has 0 aliphatic rings. The molecule has 7 heteroatoms. The quantitative estimate of drug-likeness (QED) is 0.602. The Labute approximate surface area is 109 Å². The van der Waals surface area contributed by atoms with Crippen molar-refractivity contribution in [2.45, 2.75) is 6.92 Å². The molecule has 0 radical (unpaired) electrons. The number of rotatable bonds is 2. The third kappa shape index (κ3) is 2.17. The van der Waals surface area contributed by atoms with Gasteiger partial charge in [-0.3, -0.25) is 9.48 Å². The fraction of sp³-hybridized carbons (Fsp3) is 0.167. The molecule has 0 unspecified atom stereocenters. The summed E-state index contributed by atoms with van der Waals surface area (Å²) in [6.07, 6.45) is 0. The molecule has 1 aromatic heterocycles. The second kappa shape index (κ2) is 4.52. The van der Waals surface area contributed by atoms with Crippen molar-refractivity contribution in [3.63, 3.8) is 0 Å². The molecule has 2 rings (SSSR count). The van der Waals surface area contributed by atoms with Crippen molar-refractivity contribution in [2.24, 2.45) is 7.05 Å². The zero-order valence-corrected chi connectivity index (χ0v) is 10.5. The second-order valence-electron chi connectivity index (χ2n) is 4.10. The van der Waals surface area contributed by atoms with Gasteiger partial charge in [-0.25, -0.2) is 0 Å². The molecule has 100 valence electrons. The fourth-order valence-corrected chi connectivity index (χ4v) is 1.71. The maximum Gasteiger partial charge on any atom is 0.260 e. The fourth-order valence-electron chi connectivity index (χ4n) is 1.71. The third-order valence-corrected chi connectivity index (χ3v) is 2.76. The van der Waals surface area contributed by atoms with Crippen LogP contribution in [0.3, 0.4) is 0 Å². The number of phenols is 2. The van der Waals surface area contributed by atoms with Crippen LogP contribution in [0.25, 0.3) is 0 Å². The molecule has 0 atom stereocenters. The first-order chi connectivity index (χ1) is 8.91. The summed E-state index contributed by atoms with van der Waals surface area (Å²) in [7, 11) is 1.64. The number of carbonyl (C=O) groups is 1. The molecule has 0 bridgehead atoms. The van der Waals surface area contributed by atoms with Gasteiger partial charge in [-0.2, -0.15) is 5.10 Å². The first-order valence-electron chi connectivity index (χ1n) is 5.53. The Morgan fingerprint density at radius 2 is 2.11 bits per heavy atom. The molecular weight excluding hydrogens is 248 g/mol. The lowest BCUT2D eigenvalue weighted by atomic mass is 10.1. The highest BCUT2D eigenvalue weighted by atomic mass is 16.3. The first-order valence-corrected chi connectivity index (χ1v) is 5.53. The van der Waals surface area contributed by atoms with Gasteiger partial charge in [0.25, 0.3) is 5.91 Å². The van der Waals surface area contributed by atoms with Crippen molar-refractivity contribution in [3.8, 4) is 11.5 Å². The van der Waals surface area contributed by atoms with E-state index in [9.17, 15) is 15.0 Å². The predicted molar refractivity (Wildman–Crippen MR) is 70.1 cm³/mol. The molecule has 0 saturated heterocycles. The maximum absolute atomic E-state index is 12.0. The Bertz CT molecular complexity index is 649. The summed E-state index contributed by atoms with van der Waals surface area (Å²) in [6, 6.07) is 4.14. The van der Waals surface area contributed by atoms with Crippen LogP contribution in [0.1, 0.15) is 16.1 Å². The number of aryl methyl sites for hydroxylation is 2. The van der Waals surface area contributed by atoms with E-state index in [1.807, 2.05) is 0 Å². The Kier molecular flexibility index (Phi) is 3.04. The van der Waals surface area contributed by atoms with Gasteiger partial charge in [0.15, 0.2) is 17.3 Å². The van der Waals surface area contributed by atoms with E-state index < -0.39 is 11.7 Å². The number of aromatic nitrogens is 2. The van der Waals surface area contributed by atoms with Crippen molar-refractivity contribution >= 4 is 17.4 Å². The SMILES string of the molecule is Cc1nn(C)c(NC(=O)c2cccc(O)c2O)c1N. The van der Waals surface area contributed by atoms with Crippen molar-refractivity contribution in [1.29, 1.82) is 0 Å². The molecule has 1 amide bonds. The lowest BCUT2D eigenvalue weighted by Gasteiger charge is -2.08. The monoisotopic (exact) mass is 262 g/mol. The summed E-state index contributed by atoms with van der Waals surface area (Å²) >= 11 is 0. The van der Waals surface area contributed by atoms with Gasteiger partial charge in [-0.05, 0) is 19.1 Å². The third-order valence-electron chi connectivity index (χ3n) is 2.76. The summed E-state index contributed by atoms with van der Waals surface area (Å²) in [5.74, 6) is -1.08. The normalized spacial score (nSPS) is 10.4. The second-order valence-corrected chi connectivity index (χ2v) is 4.10.